The fraction of sp³-hybridized carbons (Fsp3) is 0.273. The Morgan fingerprint density at radius 1 is 1.62 bits per heavy atom. The van der Waals surface area contributed by atoms with Crippen molar-refractivity contribution in [2.45, 2.75) is 13.0 Å². The Hall–Kier alpha value is -1.88. The van der Waals surface area contributed by atoms with Crippen LogP contribution >= 0.6 is 0 Å². The highest BCUT2D eigenvalue weighted by Gasteiger charge is 2.21. The van der Waals surface area contributed by atoms with Crippen molar-refractivity contribution in [3.05, 3.63) is 30.0 Å². The van der Waals surface area contributed by atoms with Gasteiger partial charge < -0.3 is 14.4 Å². The van der Waals surface area contributed by atoms with Crippen LogP contribution in [0.25, 0.3) is 11.0 Å². The molecule has 5 nitrogen and oxygen atoms in total. The Morgan fingerprint density at radius 3 is 3.19 bits per heavy atom. The second kappa shape index (κ2) is 4.32. The molecule has 0 aliphatic carbocycles. The molecule has 1 aromatic heterocycles. The van der Waals surface area contributed by atoms with Gasteiger partial charge >= 0.3 is 5.97 Å². The molecule has 0 aliphatic rings. The highest BCUT2D eigenvalue weighted by atomic mass is 16.5. The summed E-state index contributed by atoms with van der Waals surface area (Å²) in [5, 5.41) is 14.0. The number of hydrogen-bond acceptors (Lipinski definition) is 5. The van der Waals surface area contributed by atoms with E-state index in [1.54, 1.807) is 25.1 Å². The average molecular weight is 221 g/mol. The lowest BCUT2D eigenvalue weighted by Gasteiger charge is -2.09. The van der Waals surface area contributed by atoms with Crippen LogP contribution in [0.5, 0.6) is 0 Å². The van der Waals surface area contributed by atoms with Gasteiger partial charge in [0, 0.05) is 10.9 Å². The van der Waals surface area contributed by atoms with Crippen molar-refractivity contribution in [2.75, 3.05) is 6.61 Å². The van der Waals surface area contributed by atoms with E-state index < -0.39 is 12.1 Å². The van der Waals surface area contributed by atoms with E-state index in [1.165, 1.54) is 6.20 Å². The Bertz CT molecular complexity index is 505. The Labute approximate surface area is 91.6 Å². The zero-order valence-corrected chi connectivity index (χ0v) is 8.71. The number of nitrogens with zero attached hydrogens (tertiary/aromatic N) is 1. The topological polar surface area (TPSA) is 72.6 Å². The van der Waals surface area contributed by atoms with Gasteiger partial charge in [-0.1, -0.05) is 17.3 Å². The summed E-state index contributed by atoms with van der Waals surface area (Å²) in [6, 6.07) is 5.04. The highest BCUT2D eigenvalue weighted by molar-refractivity contribution is 5.86. The van der Waals surface area contributed by atoms with Gasteiger partial charge in [-0.05, 0) is 13.0 Å². The van der Waals surface area contributed by atoms with E-state index in [-0.39, 0.29) is 6.61 Å². The molecule has 1 atom stereocenters. The maximum atomic E-state index is 11.4. The monoisotopic (exact) mass is 221 g/mol. The fourth-order valence-corrected chi connectivity index (χ4v) is 1.50. The van der Waals surface area contributed by atoms with Crippen LogP contribution in [-0.4, -0.2) is 22.8 Å². The van der Waals surface area contributed by atoms with Crippen molar-refractivity contribution >= 4 is 16.9 Å². The molecule has 0 spiro atoms. The van der Waals surface area contributed by atoms with E-state index in [0.29, 0.717) is 16.5 Å². The molecule has 0 bridgehead atoms. The third kappa shape index (κ3) is 1.77. The molecule has 0 aliphatic heterocycles. The van der Waals surface area contributed by atoms with Crippen LogP contribution in [0.1, 0.15) is 18.6 Å². The zero-order chi connectivity index (χ0) is 11.5. The highest BCUT2D eigenvalue weighted by Crippen LogP contribution is 2.24. The molecule has 0 amide bonds. The van der Waals surface area contributed by atoms with Gasteiger partial charge in [-0.15, -0.1) is 0 Å². The molecule has 84 valence electrons. The van der Waals surface area contributed by atoms with E-state index in [4.69, 9.17) is 9.26 Å². The SMILES string of the molecule is CCOC(=O)C(O)c1cccc2oncc12. The third-order valence-electron chi connectivity index (χ3n) is 2.24. The number of ether oxygens (including phenoxy) is 1. The molecular formula is C11H11NO4. The maximum Gasteiger partial charge on any atom is 0.339 e. The first-order valence-electron chi connectivity index (χ1n) is 4.92. The van der Waals surface area contributed by atoms with Gasteiger partial charge in [0.25, 0.3) is 0 Å². The summed E-state index contributed by atoms with van der Waals surface area (Å²) in [5.74, 6) is -0.670. The molecule has 2 aromatic rings. The normalized spacial score (nSPS) is 12.6. The average Bonchev–Trinajstić information content (AvgIpc) is 2.76. The van der Waals surface area contributed by atoms with Crippen LogP contribution in [0.15, 0.2) is 28.9 Å². The van der Waals surface area contributed by atoms with Crippen molar-refractivity contribution < 1.29 is 19.2 Å². The van der Waals surface area contributed by atoms with Gasteiger partial charge in [0.1, 0.15) is 0 Å². The molecule has 2 rings (SSSR count). The standard InChI is InChI=1S/C11H11NO4/c1-2-15-11(14)10(13)7-4-3-5-9-8(7)6-12-16-9/h3-6,10,13H,2H2,1H3. The van der Waals surface area contributed by atoms with Crippen molar-refractivity contribution in [1.29, 1.82) is 0 Å². The summed E-state index contributed by atoms with van der Waals surface area (Å²) >= 11 is 0. The lowest BCUT2D eigenvalue weighted by Crippen LogP contribution is -2.15. The summed E-state index contributed by atoms with van der Waals surface area (Å²) in [6.45, 7) is 1.92. The van der Waals surface area contributed by atoms with Crippen LogP contribution in [0, 0.1) is 0 Å². The first-order valence-corrected chi connectivity index (χ1v) is 4.92. The molecule has 5 heteroatoms. The van der Waals surface area contributed by atoms with Gasteiger partial charge in [-0.2, -0.15) is 0 Å². The molecule has 0 radical (unpaired) electrons. The van der Waals surface area contributed by atoms with Crippen LogP contribution in [0.2, 0.25) is 0 Å². The number of benzene rings is 1. The quantitative estimate of drug-likeness (QED) is 0.793. The fourth-order valence-electron chi connectivity index (χ4n) is 1.50. The van der Waals surface area contributed by atoms with Crippen molar-refractivity contribution in [3.63, 3.8) is 0 Å². The lowest BCUT2D eigenvalue weighted by molar-refractivity contribution is -0.153. The minimum absolute atomic E-state index is 0.232. The molecule has 1 unspecified atom stereocenters. The third-order valence-corrected chi connectivity index (χ3v) is 2.24. The Kier molecular flexibility index (Phi) is 2.87. The Morgan fingerprint density at radius 2 is 2.44 bits per heavy atom. The lowest BCUT2D eigenvalue weighted by atomic mass is 10.1. The number of hydrogen-bond donors (Lipinski definition) is 1. The van der Waals surface area contributed by atoms with Crippen molar-refractivity contribution in [1.82, 2.24) is 5.16 Å². The summed E-state index contributed by atoms with van der Waals surface area (Å²) in [5.41, 5.74) is 0.970. The number of aliphatic hydroxyl groups excluding tert-OH is 1. The van der Waals surface area contributed by atoms with Gasteiger partial charge in [-0.3, -0.25) is 0 Å². The van der Waals surface area contributed by atoms with Gasteiger partial charge in [0.2, 0.25) is 0 Å². The zero-order valence-electron chi connectivity index (χ0n) is 8.71. The van der Waals surface area contributed by atoms with E-state index in [1.807, 2.05) is 0 Å². The number of aliphatic hydroxyl groups is 1. The first-order chi connectivity index (χ1) is 7.74. The van der Waals surface area contributed by atoms with E-state index >= 15 is 0 Å². The number of rotatable bonds is 3. The largest absolute Gasteiger partial charge is 0.464 e. The number of esters is 1. The maximum absolute atomic E-state index is 11.4. The van der Waals surface area contributed by atoms with Gasteiger partial charge in [0.05, 0.1) is 12.8 Å². The van der Waals surface area contributed by atoms with E-state index in [2.05, 4.69) is 5.16 Å². The number of carbonyl (C=O) groups excluding carboxylic acids is 1. The molecule has 16 heavy (non-hydrogen) atoms. The van der Waals surface area contributed by atoms with E-state index in [9.17, 15) is 9.90 Å². The molecular weight excluding hydrogens is 210 g/mol. The summed E-state index contributed by atoms with van der Waals surface area (Å²) < 4.78 is 9.68. The number of carbonyl (C=O) groups is 1. The second-order valence-corrected chi connectivity index (χ2v) is 3.24. The number of aromatic nitrogens is 1. The molecule has 1 aromatic carbocycles. The summed E-state index contributed by atoms with van der Waals surface area (Å²) in [7, 11) is 0. The minimum atomic E-state index is -1.30. The summed E-state index contributed by atoms with van der Waals surface area (Å²) in [4.78, 5) is 11.4. The van der Waals surface area contributed by atoms with Crippen molar-refractivity contribution in [3.8, 4) is 0 Å². The van der Waals surface area contributed by atoms with Crippen LogP contribution in [0.3, 0.4) is 0 Å². The molecule has 0 saturated heterocycles. The summed E-state index contributed by atoms with van der Waals surface area (Å²) in [6.07, 6.45) is 0.163. The van der Waals surface area contributed by atoms with Gasteiger partial charge in [0.15, 0.2) is 11.7 Å². The minimum Gasteiger partial charge on any atom is -0.464 e. The van der Waals surface area contributed by atoms with Crippen LogP contribution in [0.4, 0.5) is 0 Å². The van der Waals surface area contributed by atoms with Crippen LogP contribution in [-0.2, 0) is 9.53 Å². The van der Waals surface area contributed by atoms with Gasteiger partial charge in [-0.25, -0.2) is 4.79 Å². The number of fused-ring (bicyclic) bond motifs is 1. The smallest absolute Gasteiger partial charge is 0.339 e. The molecule has 0 fully saturated rings. The first kappa shape index (κ1) is 10.6. The van der Waals surface area contributed by atoms with Crippen LogP contribution < -0.4 is 0 Å². The predicted octanol–water partition coefficient (Wildman–Crippen LogP) is 1.42. The second-order valence-electron chi connectivity index (χ2n) is 3.24. The predicted molar refractivity (Wildman–Crippen MR) is 55.6 cm³/mol. The van der Waals surface area contributed by atoms with E-state index in [0.717, 1.165) is 0 Å². The molecule has 1 heterocycles. The Balaban J connectivity index is 2.39. The molecule has 1 N–H and O–H groups in total. The van der Waals surface area contributed by atoms with Crippen molar-refractivity contribution in [2.24, 2.45) is 0 Å². The molecule has 0 saturated carbocycles.